The molecular weight excluding hydrogens is 260 g/mol. The molecule has 1 rings (SSSR count). The molecule has 0 aliphatic carbocycles. The molecule has 0 spiro atoms. The molecule has 0 bridgehead atoms. The van der Waals surface area contributed by atoms with Crippen molar-refractivity contribution in [3.8, 4) is 0 Å². The molecule has 3 N–H and O–H groups in total. The van der Waals surface area contributed by atoms with E-state index in [1.54, 1.807) is 11.8 Å². The minimum Gasteiger partial charge on any atom is -0.396 e. The summed E-state index contributed by atoms with van der Waals surface area (Å²) in [5, 5.41) is 14.7. The first-order valence-electron chi connectivity index (χ1n) is 6.45. The van der Waals surface area contributed by atoms with Crippen LogP contribution in [0.4, 0.5) is 10.5 Å². The van der Waals surface area contributed by atoms with E-state index in [9.17, 15) is 4.79 Å². The van der Waals surface area contributed by atoms with Crippen molar-refractivity contribution in [2.24, 2.45) is 0 Å². The molecule has 5 heteroatoms. The Kier molecular flexibility index (Phi) is 7.36. The van der Waals surface area contributed by atoms with E-state index in [1.807, 2.05) is 30.5 Å². The number of aliphatic hydroxyl groups is 1. The van der Waals surface area contributed by atoms with E-state index in [0.29, 0.717) is 6.42 Å². The third-order valence-corrected chi connectivity index (χ3v) is 3.51. The number of rotatable bonds is 7. The highest BCUT2D eigenvalue weighted by Crippen LogP contribution is 2.11. The smallest absolute Gasteiger partial charge is 0.319 e. The highest BCUT2D eigenvalue weighted by atomic mass is 32.2. The number of anilines is 1. The summed E-state index contributed by atoms with van der Waals surface area (Å²) >= 11 is 1.65. The zero-order chi connectivity index (χ0) is 14.1. The van der Waals surface area contributed by atoms with Crippen LogP contribution in [0.1, 0.15) is 18.9 Å². The highest BCUT2D eigenvalue weighted by Gasteiger charge is 2.11. The van der Waals surface area contributed by atoms with Crippen LogP contribution in [0.5, 0.6) is 0 Å². The first kappa shape index (κ1) is 15.9. The average Bonchev–Trinajstić information content (AvgIpc) is 2.39. The molecule has 106 valence electrons. The van der Waals surface area contributed by atoms with E-state index in [0.717, 1.165) is 17.9 Å². The lowest BCUT2D eigenvalue weighted by molar-refractivity contribution is 0.241. The Bertz CT molecular complexity index is 393. The van der Waals surface area contributed by atoms with Gasteiger partial charge in [-0.15, -0.1) is 0 Å². The predicted molar refractivity (Wildman–Crippen MR) is 81.8 cm³/mol. The van der Waals surface area contributed by atoms with Crippen LogP contribution in [0.3, 0.4) is 0 Å². The lowest BCUT2D eigenvalue weighted by Gasteiger charge is -2.17. The van der Waals surface area contributed by atoms with Crippen molar-refractivity contribution in [1.29, 1.82) is 0 Å². The van der Waals surface area contributed by atoms with Gasteiger partial charge >= 0.3 is 6.03 Å². The van der Waals surface area contributed by atoms with Crippen LogP contribution >= 0.6 is 11.8 Å². The zero-order valence-corrected chi connectivity index (χ0v) is 12.3. The molecule has 0 aliphatic heterocycles. The number of nitrogens with one attached hydrogen (secondary N) is 2. The number of benzene rings is 1. The van der Waals surface area contributed by atoms with Crippen LogP contribution in [0.2, 0.25) is 0 Å². The maximum atomic E-state index is 11.9. The second kappa shape index (κ2) is 8.82. The molecule has 1 atom stereocenters. The molecule has 1 aromatic carbocycles. The van der Waals surface area contributed by atoms with Gasteiger partial charge in [-0.1, -0.05) is 19.1 Å². The quantitative estimate of drug-likeness (QED) is 0.720. The summed E-state index contributed by atoms with van der Waals surface area (Å²) < 4.78 is 0. The number of aliphatic hydroxyl groups excluding tert-OH is 1. The molecule has 4 nitrogen and oxygen atoms in total. The fraction of sp³-hybridized carbons (Fsp3) is 0.500. The topological polar surface area (TPSA) is 61.4 Å². The third-order valence-electron chi connectivity index (χ3n) is 2.77. The molecule has 19 heavy (non-hydrogen) atoms. The minimum atomic E-state index is -0.222. The number of hydrogen-bond acceptors (Lipinski definition) is 3. The second-order valence-electron chi connectivity index (χ2n) is 4.32. The van der Waals surface area contributed by atoms with Crippen molar-refractivity contribution < 1.29 is 9.90 Å². The van der Waals surface area contributed by atoms with E-state index >= 15 is 0 Å². The van der Waals surface area contributed by atoms with Crippen LogP contribution in [0.15, 0.2) is 24.3 Å². The van der Waals surface area contributed by atoms with E-state index < -0.39 is 0 Å². The van der Waals surface area contributed by atoms with Gasteiger partial charge in [0.1, 0.15) is 0 Å². The van der Waals surface area contributed by atoms with E-state index in [-0.39, 0.29) is 18.7 Å². The summed E-state index contributed by atoms with van der Waals surface area (Å²) in [4.78, 5) is 11.9. The molecule has 0 saturated carbocycles. The van der Waals surface area contributed by atoms with Gasteiger partial charge in [-0.3, -0.25) is 0 Å². The monoisotopic (exact) mass is 282 g/mol. The molecule has 0 aromatic heterocycles. The number of aryl methyl sites for hydroxylation is 1. The van der Waals surface area contributed by atoms with Gasteiger partial charge < -0.3 is 15.7 Å². The van der Waals surface area contributed by atoms with E-state index in [2.05, 4.69) is 17.6 Å². The summed E-state index contributed by atoms with van der Waals surface area (Å²) in [6, 6.07) is 7.58. The van der Waals surface area contributed by atoms with Gasteiger partial charge in [-0.25, -0.2) is 4.79 Å². The van der Waals surface area contributed by atoms with Gasteiger partial charge in [0.2, 0.25) is 0 Å². The maximum absolute atomic E-state index is 11.9. The normalized spacial score (nSPS) is 11.9. The zero-order valence-electron chi connectivity index (χ0n) is 11.5. The van der Waals surface area contributed by atoms with Crippen molar-refractivity contribution in [3.05, 3.63) is 29.8 Å². The third kappa shape index (κ3) is 5.98. The van der Waals surface area contributed by atoms with E-state index in [4.69, 9.17) is 5.11 Å². The van der Waals surface area contributed by atoms with Crippen LogP contribution in [-0.4, -0.2) is 35.8 Å². The summed E-state index contributed by atoms with van der Waals surface area (Å²) in [6.45, 7) is 2.16. The first-order valence-corrected chi connectivity index (χ1v) is 7.85. The molecular formula is C14H22N2O2S. The number of amides is 2. The Morgan fingerprint density at radius 1 is 1.47 bits per heavy atom. The Morgan fingerprint density at radius 2 is 2.26 bits per heavy atom. The SMILES string of the molecule is CCc1cccc(NC(=O)N[C@H](CCO)CSC)c1. The van der Waals surface area contributed by atoms with E-state index in [1.165, 1.54) is 5.56 Å². The average molecular weight is 282 g/mol. The van der Waals surface area contributed by atoms with Crippen LogP contribution in [0.25, 0.3) is 0 Å². The first-order chi connectivity index (χ1) is 9.19. The summed E-state index contributed by atoms with van der Waals surface area (Å²) in [5.74, 6) is 0.795. The molecule has 0 fully saturated rings. The predicted octanol–water partition coefficient (Wildman–Crippen LogP) is 2.48. The van der Waals surface area contributed by atoms with Gasteiger partial charge in [0, 0.05) is 24.1 Å². The number of carbonyl (C=O) groups is 1. The fourth-order valence-corrected chi connectivity index (χ4v) is 2.43. The van der Waals surface area contributed by atoms with Crippen LogP contribution in [-0.2, 0) is 6.42 Å². The van der Waals surface area contributed by atoms with Gasteiger partial charge in [0.05, 0.1) is 0 Å². The Labute approximate surface area is 119 Å². The lowest BCUT2D eigenvalue weighted by Crippen LogP contribution is -2.40. The number of urea groups is 1. The molecule has 0 unspecified atom stereocenters. The Morgan fingerprint density at radius 3 is 2.89 bits per heavy atom. The summed E-state index contributed by atoms with van der Waals surface area (Å²) in [7, 11) is 0. The lowest BCUT2D eigenvalue weighted by atomic mass is 10.1. The van der Waals surface area contributed by atoms with Crippen LogP contribution in [0, 0.1) is 0 Å². The minimum absolute atomic E-state index is 0.00522. The van der Waals surface area contributed by atoms with Crippen molar-refractivity contribution in [2.45, 2.75) is 25.8 Å². The second-order valence-corrected chi connectivity index (χ2v) is 5.23. The van der Waals surface area contributed by atoms with Crippen LogP contribution < -0.4 is 10.6 Å². The van der Waals surface area contributed by atoms with Crippen molar-refractivity contribution in [1.82, 2.24) is 5.32 Å². The molecule has 0 heterocycles. The van der Waals surface area contributed by atoms with Gasteiger partial charge in [-0.2, -0.15) is 11.8 Å². The van der Waals surface area contributed by atoms with Gasteiger partial charge in [0.25, 0.3) is 0 Å². The van der Waals surface area contributed by atoms with Gasteiger partial charge in [-0.05, 0) is 36.8 Å². The Balaban J connectivity index is 2.53. The van der Waals surface area contributed by atoms with Gasteiger partial charge in [0.15, 0.2) is 0 Å². The molecule has 0 aliphatic rings. The fourth-order valence-electron chi connectivity index (χ4n) is 1.78. The van der Waals surface area contributed by atoms with Crippen molar-refractivity contribution >= 4 is 23.5 Å². The molecule has 1 aromatic rings. The number of hydrogen-bond donors (Lipinski definition) is 3. The number of thioether (sulfide) groups is 1. The molecule has 0 saturated heterocycles. The standard InChI is InChI=1S/C14H22N2O2S/c1-3-11-5-4-6-12(9-11)15-14(18)16-13(7-8-17)10-19-2/h4-6,9,13,17H,3,7-8,10H2,1-2H3,(H2,15,16,18)/t13-/m1/s1. The van der Waals surface area contributed by atoms with Crippen molar-refractivity contribution in [2.75, 3.05) is 23.9 Å². The highest BCUT2D eigenvalue weighted by molar-refractivity contribution is 7.98. The Hall–Kier alpha value is -1.20. The number of carbonyl (C=O) groups excluding carboxylic acids is 1. The summed E-state index contributed by atoms with van der Waals surface area (Å²) in [6.07, 6.45) is 3.49. The molecule has 2 amide bonds. The largest absolute Gasteiger partial charge is 0.396 e. The summed E-state index contributed by atoms with van der Waals surface area (Å²) in [5.41, 5.74) is 1.98. The van der Waals surface area contributed by atoms with Crippen molar-refractivity contribution in [3.63, 3.8) is 0 Å². The maximum Gasteiger partial charge on any atom is 0.319 e. The molecule has 0 radical (unpaired) electrons.